The predicted molar refractivity (Wildman–Crippen MR) is 295 cm³/mol. The van der Waals surface area contributed by atoms with E-state index < -0.39 is 162 Å². The van der Waals surface area contributed by atoms with Crippen molar-refractivity contribution in [3.63, 3.8) is 0 Å². The Balaban J connectivity index is 0.00000338. The highest BCUT2D eigenvalue weighted by molar-refractivity contribution is 6.00. The number of carbonyl (C=O) groups excluding carboxylic acids is 11. The van der Waals surface area contributed by atoms with Crippen molar-refractivity contribution in [1.82, 2.24) is 46.6 Å². The molecule has 0 unspecified atom stereocenters. The largest absolute Gasteiger partial charge is 0.490 e. The maximum absolute atomic E-state index is 14.5. The molecule has 0 aromatic heterocycles. The molecule has 3 aliphatic heterocycles. The maximum Gasteiger partial charge on any atom is 0.490 e. The summed E-state index contributed by atoms with van der Waals surface area (Å²) in [5.74, 6) is -14.2. The molecule has 0 aromatic carbocycles. The minimum absolute atomic E-state index is 0.00646. The molecule has 3 aliphatic rings. The average molecular weight is 1240 g/mol. The first kappa shape index (κ1) is 73.5. The van der Waals surface area contributed by atoms with Gasteiger partial charge in [0.2, 0.25) is 65.0 Å². The summed E-state index contributed by atoms with van der Waals surface area (Å²) < 4.78 is 31.7. The molecule has 3 fully saturated rings. The van der Waals surface area contributed by atoms with Crippen molar-refractivity contribution < 1.29 is 90.8 Å². The number of hydrogen-bond donors (Lipinski definition) is 16. The summed E-state index contributed by atoms with van der Waals surface area (Å²) in [6.45, 7) is 3.90. The minimum Gasteiger partial charge on any atom is -0.480 e. The van der Waals surface area contributed by atoms with Crippen LogP contribution < -0.4 is 72.0 Å². The highest BCUT2D eigenvalue weighted by Gasteiger charge is 2.44. The molecule has 3 saturated heterocycles. The van der Waals surface area contributed by atoms with Crippen LogP contribution in [0.15, 0.2) is 9.98 Å². The van der Waals surface area contributed by atoms with Crippen molar-refractivity contribution in [1.29, 1.82) is 0 Å². The molecular weight excluding hydrogens is 1150 g/mol. The van der Waals surface area contributed by atoms with Gasteiger partial charge in [-0.1, -0.05) is 13.8 Å². The van der Waals surface area contributed by atoms with Crippen molar-refractivity contribution in [3.8, 4) is 0 Å². The lowest BCUT2D eigenvalue weighted by atomic mass is 10.0. The van der Waals surface area contributed by atoms with Crippen molar-refractivity contribution in [2.24, 2.45) is 56.0 Å². The fourth-order valence-electron chi connectivity index (χ4n) is 9.32. The van der Waals surface area contributed by atoms with E-state index in [-0.39, 0.29) is 109 Å². The zero-order chi connectivity index (χ0) is 65.3. The molecule has 23 N–H and O–H groups in total. The van der Waals surface area contributed by atoms with Gasteiger partial charge >= 0.3 is 18.1 Å². The van der Waals surface area contributed by atoms with Crippen LogP contribution in [0.4, 0.5) is 13.2 Å². The second-order valence-electron chi connectivity index (χ2n) is 20.8. The Bertz CT molecular complexity index is 2520. The van der Waals surface area contributed by atoms with Crippen LogP contribution in [0.3, 0.4) is 0 Å². The number of halogens is 3. The molecule has 37 heteroatoms. The van der Waals surface area contributed by atoms with Crippen LogP contribution >= 0.6 is 0 Å². The van der Waals surface area contributed by atoms with E-state index in [0.29, 0.717) is 12.8 Å². The van der Waals surface area contributed by atoms with Crippen LogP contribution in [0.5, 0.6) is 0 Å². The number of carboxylic acid groups (broad SMARTS) is 2. The summed E-state index contributed by atoms with van der Waals surface area (Å²) in [4.78, 5) is 180. The van der Waals surface area contributed by atoms with E-state index in [4.69, 9.17) is 50.0 Å². The van der Waals surface area contributed by atoms with E-state index in [9.17, 15) is 80.9 Å². The Morgan fingerprint density at radius 1 is 0.547 bits per heavy atom. The Morgan fingerprint density at radius 2 is 0.977 bits per heavy atom. The lowest BCUT2D eigenvalue weighted by molar-refractivity contribution is -0.192. The number of guanidine groups is 2. The van der Waals surface area contributed by atoms with Gasteiger partial charge in [0.25, 0.3) is 0 Å². The number of carboxylic acids is 2. The number of rotatable bonds is 31. The summed E-state index contributed by atoms with van der Waals surface area (Å²) in [6.07, 6.45) is -4.74. The minimum atomic E-state index is -5.08. The standard InChI is InChI=1S/C47H80N18O14.C2HF3O2/c1-23(2)35(62-36(69)25(48)14-15-33(49)67)44(77)64-19-7-12-31(64)41(74)61-29(22-66)39(72)59-27(10-5-17-56-47(53)54)43(76)63-18-6-11-30(63)40(73)60-28(21-34(50)68)38(71)58-26(9-4-16-55-46(51)52)37(70)57-24(3)42(75)65-20-8-13-32(65)45(78)79;3-2(4,5)1(6)7/h23-32,35,66H,4-22,48H2,1-3H3,(H2,49,67)(H2,50,68)(H,57,70)(H,58,71)(H,59,72)(H,60,73)(H,61,74)(H,62,69)(H,78,79)(H4,51,52,55)(H4,53,54,56);(H,6,7)/t24-,25-,26-,27-,28-,29-,30-,31-,32-,35-;/m0./s1. The highest BCUT2D eigenvalue weighted by atomic mass is 19.4. The molecule has 11 amide bonds. The molecule has 86 heavy (non-hydrogen) atoms. The van der Waals surface area contributed by atoms with Gasteiger partial charge in [-0.05, 0) is 83.5 Å². The number of nitrogens with one attached hydrogen (secondary N) is 6. The molecule has 0 saturated carbocycles. The van der Waals surface area contributed by atoms with Gasteiger partial charge in [-0.15, -0.1) is 0 Å². The average Bonchev–Trinajstić information content (AvgIpc) is 4.28. The Morgan fingerprint density at radius 3 is 1.42 bits per heavy atom. The molecular formula is C49H81F3N18O16. The highest BCUT2D eigenvalue weighted by Crippen LogP contribution is 2.23. The van der Waals surface area contributed by atoms with E-state index in [0.717, 1.165) is 9.80 Å². The van der Waals surface area contributed by atoms with E-state index in [2.05, 4.69) is 41.9 Å². The SMILES string of the molecule is CC(C)[C@H](NC(=O)[C@@H](N)CCC(N)=O)C(=O)N1CCC[C@H]1C(=O)N[C@@H](CO)C(=O)N[C@@H](CCCN=C(N)N)C(=O)N1CCC[C@H]1C(=O)N[C@@H](CC(N)=O)C(=O)N[C@@H](CCCN=C(N)N)C(=O)N[C@@H](C)C(=O)N1CCC[C@H]1C(=O)O.O=C(O)C(F)(F)F. The Kier molecular flexibility index (Phi) is 29.9. The molecule has 0 bridgehead atoms. The lowest BCUT2D eigenvalue weighted by Crippen LogP contribution is -2.61. The van der Waals surface area contributed by atoms with Gasteiger partial charge < -0.3 is 102 Å². The molecule has 3 rings (SSSR count). The molecule has 3 heterocycles. The topological polar surface area (TPSA) is 571 Å². The fourth-order valence-corrected chi connectivity index (χ4v) is 9.32. The zero-order valence-electron chi connectivity index (χ0n) is 47.8. The first-order valence-electron chi connectivity index (χ1n) is 27.4. The van der Waals surface area contributed by atoms with Crippen LogP contribution in [0.1, 0.15) is 104 Å². The third-order valence-electron chi connectivity index (χ3n) is 13.7. The third kappa shape index (κ3) is 23.8. The first-order chi connectivity index (χ1) is 40.1. The number of aliphatic hydroxyl groups is 1. The van der Waals surface area contributed by atoms with Gasteiger partial charge in [0.15, 0.2) is 11.9 Å². The number of aliphatic imine (C=N–C) groups is 2. The number of carbonyl (C=O) groups is 13. The summed E-state index contributed by atoms with van der Waals surface area (Å²) in [7, 11) is 0. The number of aliphatic hydroxyl groups excluding tert-OH is 1. The number of likely N-dealkylation sites (tertiary alicyclic amines) is 3. The van der Waals surface area contributed by atoms with E-state index in [1.54, 1.807) is 13.8 Å². The van der Waals surface area contributed by atoms with Gasteiger partial charge in [0.1, 0.15) is 54.4 Å². The van der Waals surface area contributed by atoms with Crippen LogP contribution in [0.25, 0.3) is 0 Å². The first-order valence-corrected chi connectivity index (χ1v) is 27.4. The van der Waals surface area contributed by atoms with Gasteiger partial charge in [-0.2, -0.15) is 13.2 Å². The van der Waals surface area contributed by atoms with Crippen molar-refractivity contribution in [2.75, 3.05) is 39.3 Å². The summed E-state index contributed by atoms with van der Waals surface area (Å²) in [5, 5.41) is 42.1. The van der Waals surface area contributed by atoms with Crippen LogP contribution in [0, 0.1) is 5.92 Å². The van der Waals surface area contributed by atoms with Crippen molar-refractivity contribution in [3.05, 3.63) is 0 Å². The second-order valence-corrected chi connectivity index (χ2v) is 20.8. The molecule has 0 spiro atoms. The predicted octanol–water partition coefficient (Wildman–Crippen LogP) is -7.17. The normalized spacial score (nSPS) is 18.8. The zero-order valence-corrected chi connectivity index (χ0v) is 47.8. The molecule has 484 valence electrons. The van der Waals surface area contributed by atoms with Gasteiger partial charge in [0, 0.05) is 39.1 Å². The molecule has 0 aliphatic carbocycles. The van der Waals surface area contributed by atoms with E-state index in [1.807, 2.05) is 0 Å². The van der Waals surface area contributed by atoms with E-state index in [1.165, 1.54) is 11.8 Å². The molecule has 10 atom stereocenters. The number of amides is 11. The van der Waals surface area contributed by atoms with Crippen LogP contribution in [-0.4, -0.2) is 225 Å². The summed E-state index contributed by atoms with van der Waals surface area (Å²) in [6, 6.07) is -13.3. The summed E-state index contributed by atoms with van der Waals surface area (Å²) in [5.41, 5.74) is 38.5. The number of hydrogen-bond acceptors (Lipinski definition) is 17. The molecule has 0 aromatic rings. The van der Waals surface area contributed by atoms with E-state index >= 15 is 0 Å². The van der Waals surface area contributed by atoms with Crippen molar-refractivity contribution in [2.45, 2.75) is 171 Å². The maximum atomic E-state index is 14.5. The third-order valence-corrected chi connectivity index (χ3v) is 13.7. The van der Waals surface area contributed by atoms with Crippen LogP contribution in [-0.2, 0) is 62.3 Å². The van der Waals surface area contributed by atoms with Gasteiger partial charge in [-0.3, -0.25) is 62.7 Å². The number of aliphatic carboxylic acids is 2. The number of alkyl halides is 3. The second kappa shape index (κ2) is 35.0. The fraction of sp³-hybridized carbons (Fsp3) is 0.694. The summed E-state index contributed by atoms with van der Waals surface area (Å²) >= 11 is 0. The lowest BCUT2D eigenvalue weighted by Gasteiger charge is -2.32. The number of primary amides is 2. The molecule has 34 nitrogen and oxygen atoms in total. The Labute approximate surface area is 491 Å². The Hall–Kier alpha value is -8.64. The van der Waals surface area contributed by atoms with Crippen molar-refractivity contribution >= 4 is 88.8 Å². The van der Waals surface area contributed by atoms with Gasteiger partial charge in [-0.25, -0.2) is 9.59 Å². The quantitative estimate of drug-likeness (QED) is 0.0174. The monoisotopic (exact) mass is 1230 g/mol. The number of nitrogens with two attached hydrogens (primary N) is 7. The smallest absolute Gasteiger partial charge is 0.480 e. The van der Waals surface area contributed by atoms with Crippen LogP contribution in [0.2, 0.25) is 0 Å². The molecule has 0 radical (unpaired) electrons. The van der Waals surface area contributed by atoms with Gasteiger partial charge in [0.05, 0.1) is 19.1 Å². The number of nitrogens with zero attached hydrogens (tertiary/aromatic N) is 5.